The van der Waals surface area contributed by atoms with Gasteiger partial charge in [-0.25, -0.2) is 0 Å². The van der Waals surface area contributed by atoms with Crippen molar-refractivity contribution < 1.29 is 14.3 Å². The van der Waals surface area contributed by atoms with Gasteiger partial charge in [0.15, 0.2) is 0 Å². The third-order valence-electron chi connectivity index (χ3n) is 11.1. The van der Waals surface area contributed by atoms with Crippen LogP contribution in [-0.2, 0) is 17.3 Å². The first-order valence-corrected chi connectivity index (χ1v) is 19.0. The van der Waals surface area contributed by atoms with Gasteiger partial charge in [0.05, 0.1) is 14.2 Å². The summed E-state index contributed by atoms with van der Waals surface area (Å²) in [7, 11) is 5.45. The molecule has 0 bridgehead atoms. The Bertz CT molecular complexity index is 2040. The average Bonchev–Trinajstić information content (AvgIpc) is 3.88. The quantitative estimate of drug-likeness (QED) is 0.200. The third kappa shape index (κ3) is 8.53. The van der Waals surface area contributed by atoms with Crippen molar-refractivity contribution in [1.29, 1.82) is 0 Å². The second kappa shape index (κ2) is 17.5. The van der Waals surface area contributed by atoms with Crippen molar-refractivity contribution in [3.05, 3.63) is 138 Å². The van der Waals surface area contributed by atoms with E-state index in [-0.39, 0.29) is 0 Å². The van der Waals surface area contributed by atoms with Gasteiger partial charge in [0.1, 0.15) is 17.3 Å². The van der Waals surface area contributed by atoms with Gasteiger partial charge in [-0.1, -0.05) is 99.0 Å². The molecule has 2 heterocycles. The first kappa shape index (κ1) is 36.8. The van der Waals surface area contributed by atoms with Crippen molar-refractivity contribution in [3.8, 4) is 11.5 Å². The maximum absolute atomic E-state index is 10.5. The fraction of sp³-hybridized carbons (Fsp3) is 0.340. The minimum absolute atomic E-state index is 0.373. The molecule has 4 aromatic carbocycles. The molecule has 0 radical (unpaired) electrons. The third-order valence-corrected chi connectivity index (χ3v) is 11.1. The number of hydrogen-bond donors (Lipinski definition) is 1. The van der Waals surface area contributed by atoms with Gasteiger partial charge in [0, 0.05) is 54.1 Å². The molecule has 0 amide bonds. The molecule has 52 heavy (non-hydrogen) atoms. The average molecular weight is 695 g/mol. The Morgan fingerprint density at radius 3 is 1.98 bits per heavy atom. The topological polar surface area (TPSA) is 56.2 Å². The van der Waals surface area contributed by atoms with Crippen molar-refractivity contribution in [2.45, 2.75) is 82.0 Å². The predicted octanol–water partition coefficient (Wildman–Crippen LogP) is 12.0. The molecule has 3 aliphatic rings. The van der Waals surface area contributed by atoms with Crippen molar-refractivity contribution in [2.75, 3.05) is 14.2 Å². The van der Waals surface area contributed by atoms with Crippen molar-refractivity contribution in [3.63, 3.8) is 0 Å². The highest BCUT2D eigenvalue weighted by Gasteiger charge is 2.46. The molecule has 1 unspecified atom stereocenters. The van der Waals surface area contributed by atoms with Gasteiger partial charge < -0.3 is 19.0 Å². The van der Waals surface area contributed by atoms with Crippen LogP contribution in [0.15, 0.2) is 116 Å². The van der Waals surface area contributed by atoms with Gasteiger partial charge in [-0.3, -0.25) is 4.79 Å². The maximum Gasteiger partial charge on any atom is 0.132 e. The number of aromatic nitrogens is 2. The van der Waals surface area contributed by atoms with Crippen LogP contribution in [0.25, 0.3) is 27.9 Å². The summed E-state index contributed by atoms with van der Waals surface area (Å²) >= 11 is 0. The Hall–Kier alpha value is -5.03. The second-order valence-electron chi connectivity index (χ2n) is 14.4. The highest BCUT2D eigenvalue weighted by molar-refractivity contribution is 5.87. The lowest BCUT2D eigenvalue weighted by Crippen LogP contribution is -2.26. The number of ether oxygens (including phenoxy) is 2. The van der Waals surface area contributed by atoms with Crippen LogP contribution in [-0.4, -0.2) is 29.6 Å². The molecule has 2 aromatic heterocycles. The van der Waals surface area contributed by atoms with Crippen molar-refractivity contribution >= 4 is 33.7 Å². The van der Waals surface area contributed by atoms with E-state index in [9.17, 15) is 4.79 Å². The molecule has 5 nitrogen and oxygen atoms in total. The Morgan fingerprint density at radius 1 is 0.750 bits per heavy atom. The number of rotatable bonds is 4. The monoisotopic (exact) mass is 694 g/mol. The molecule has 9 rings (SSSR count). The molecule has 0 saturated heterocycles. The van der Waals surface area contributed by atoms with Crippen LogP contribution in [0.1, 0.15) is 98.9 Å². The van der Waals surface area contributed by atoms with Gasteiger partial charge in [-0.2, -0.15) is 0 Å². The number of hydrogen-bond acceptors (Lipinski definition) is 3. The van der Waals surface area contributed by atoms with E-state index in [2.05, 4.69) is 108 Å². The van der Waals surface area contributed by atoms with Crippen molar-refractivity contribution in [2.24, 2.45) is 7.05 Å². The number of nitrogens with one attached hydrogen (secondary N) is 1. The first-order valence-electron chi connectivity index (χ1n) is 19.0. The number of carbonyl (C=O) groups is 1. The summed E-state index contributed by atoms with van der Waals surface area (Å²) in [5, 5.41) is 2.76. The Morgan fingerprint density at radius 2 is 1.37 bits per heavy atom. The highest BCUT2D eigenvalue weighted by Crippen LogP contribution is 2.57. The number of fused-ring (bicyclic) bond motifs is 5. The number of Topliss-reactive ketones (excluding diaryl/α,β-unsaturated/α-hetero) is 1. The standard InChI is InChI=1S/C23H25NO.C9H9N.C9H10O.C6H10O/c1-25-17-11-9-16(10-12-17)19-15-23(13-5-2-6-14-23)21-18-7-3-4-8-20(18)24-22(19)21;1-10-7-6-8-4-2-3-5-9(8)10;1-3-8-4-6-9(10-2)7-5-8;7-6-4-2-1-3-5-6/h3-4,7-12,19,24H,2,5-6,13-15H2,1H3;2-7H,1H3;3-7H,1H2,2H3;1-5H2. The summed E-state index contributed by atoms with van der Waals surface area (Å²) in [6.45, 7) is 3.65. The molecule has 0 aliphatic heterocycles. The molecule has 1 spiro atoms. The van der Waals surface area contributed by atoms with E-state index in [0.29, 0.717) is 17.1 Å². The number of benzene rings is 4. The molecule has 6 aromatic rings. The Balaban J connectivity index is 0.000000141. The Kier molecular flexibility index (Phi) is 12.3. The number of carbonyl (C=O) groups excluding carboxylic acids is 1. The largest absolute Gasteiger partial charge is 0.497 e. The number of H-pyrrole nitrogens is 1. The summed E-state index contributed by atoms with van der Waals surface area (Å²) in [4.78, 5) is 14.3. The van der Waals surface area contributed by atoms with Gasteiger partial charge in [0.25, 0.3) is 0 Å². The number of para-hydroxylation sites is 2. The molecule has 1 N–H and O–H groups in total. The minimum atomic E-state index is 0.373. The SMILES string of the molecule is C=Cc1ccc(OC)cc1.COc1ccc(C2CC3(CCCCC3)c3c2[nH]c2ccccc32)cc1.Cn1ccc2ccccc21.O=C1CCCCC1. The molecular weight excluding hydrogens is 641 g/mol. The van der Waals surface area contributed by atoms with Crippen LogP contribution < -0.4 is 9.47 Å². The van der Waals surface area contributed by atoms with E-state index in [1.807, 2.05) is 24.3 Å². The summed E-state index contributed by atoms with van der Waals surface area (Å²) in [6.07, 6.45) is 17.2. The van der Waals surface area contributed by atoms with Crippen LogP contribution >= 0.6 is 0 Å². The summed E-state index contributed by atoms with van der Waals surface area (Å²) in [6, 6.07) is 35.8. The van der Waals surface area contributed by atoms with E-state index in [4.69, 9.17) is 9.47 Å². The van der Waals surface area contributed by atoms with Gasteiger partial charge in [0.2, 0.25) is 0 Å². The van der Waals surface area contributed by atoms with Crippen LogP contribution in [0, 0.1) is 0 Å². The fourth-order valence-electron chi connectivity index (χ4n) is 8.30. The molecular formula is C47H54N2O3. The summed E-state index contributed by atoms with van der Waals surface area (Å²) in [5.41, 5.74) is 8.59. The van der Waals surface area contributed by atoms with Crippen LogP contribution in [0.3, 0.4) is 0 Å². The summed E-state index contributed by atoms with van der Waals surface area (Å²) < 4.78 is 12.5. The van der Waals surface area contributed by atoms with Crippen LogP contribution in [0.4, 0.5) is 0 Å². The lowest BCUT2D eigenvalue weighted by Gasteiger charge is -2.35. The maximum atomic E-state index is 10.5. The molecule has 2 fully saturated rings. The van der Waals surface area contributed by atoms with E-state index in [1.54, 1.807) is 25.9 Å². The minimum Gasteiger partial charge on any atom is -0.497 e. The van der Waals surface area contributed by atoms with E-state index in [0.717, 1.165) is 42.7 Å². The predicted molar refractivity (Wildman–Crippen MR) is 217 cm³/mol. The second-order valence-corrected chi connectivity index (χ2v) is 14.4. The molecule has 3 aliphatic carbocycles. The number of aryl methyl sites for hydroxylation is 1. The number of methoxy groups -OCH3 is 2. The van der Waals surface area contributed by atoms with Crippen LogP contribution in [0.5, 0.6) is 11.5 Å². The smallest absolute Gasteiger partial charge is 0.132 e. The molecule has 1 atom stereocenters. The van der Waals surface area contributed by atoms with E-state index < -0.39 is 0 Å². The lowest BCUT2D eigenvalue weighted by atomic mass is 9.69. The zero-order valence-corrected chi connectivity index (χ0v) is 31.2. The summed E-state index contributed by atoms with van der Waals surface area (Å²) in [5.74, 6) is 2.76. The first-order chi connectivity index (χ1) is 25.4. The zero-order chi connectivity index (χ0) is 36.3. The van der Waals surface area contributed by atoms with E-state index >= 15 is 0 Å². The van der Waals surface area contributed by atoms with Gasteiger partial charge in [-0.15, -0.1) is 0 Å². The highest BCUT2D eigenvalue weighted by atomic mass is 16.5. The molecule has 270 valence electrons. The number of aromatic amines is 1. The van der Waals surface area contributed by atoms with E-state index in [1.165, 1.54) is 78.0 Å². The fourth-order valence-corrected chi connectivity index (χ4v) is 8.30. The van der Waals surface area contributed by atoms with Gasteiger partial charge in [-0.05, 0) is 102 Å². The van der Waals surface area contributed by atoms with Crippen LogP contribution in [0.2, 0.25) is 0 Å². The Labute approximate surface area is 309 Å². The molecule has 5 heteroatoms. The van der Waals surface area contributed by atoms with Crippen molar-refractivity contribution in [1.82, 2.24) is 9.55 Å². The number of ketones is 1. The molecule has 2 saturated carbocycles. The normalized spacial score (nSPS) is 17.1. The van der Waals surface area contributed by atoms with Gasteiger partial charge >= 0.3 is 0 Å². The zero-order valence-electron chi connectivity index (χ0n) is 31.2. The number of nitrogens with zero attached hydrogens (tertiary/aromatic N) is 1. The lowest BCUT2D eigenvalue weighted by molar-refractivity contribution is -0.120.